The lowest BCUT2D eigenvalue weighted by Crippen LogP contribution is -2.52. The molecule has 1 spiro atoms. The Morgan fingerprint density at radius 3 is 2.59 bits per heavy atom. The first-order valence-electron chi connectivity index (χ1n) is 9.94. The Bertz CT molecular complexity index is 779. The summed E-state index contributed by atoms with van der Waals surface area (Å²) in [6.07, 6.45) is 6.21. The number of aromatic nitrogens is 3. The number of hydrogen-bond donors (Lipinski definition) is 0. The number of amides is 1. The van der Waals surface area contributed by atoms with E-state index in [4.69, 9.17) is 0 Å². The van der Waals surface area contributed by atoms with E-state index in [2.05, 4.69) is 52.5 Å². The maximum absolute atomic E-state index is 12.6. The summed E-state index contributed by atoms with van der Waals surface area (Å²) in [5.74, 6) is 1.72. The van der Waals surface area contributed by atoms with E-state index >= 15 is 0 Å². The molecule has 0 unspecified atom stereocenters. The van der Waals surface area contributed by atoms with Gasteiger partial charge in [-0.05, 0) is 37.8 Å². The van der Waals surface area contributed by atoms with Crippen LogP contribution in [0.25, 0.3) is 0 Å². The smallest absolute Gasteiger partial charge is 0.223 e. The van der Waals surface area contributed by atoms with Gasteiger partial charge in [-0.1, -0.05) is 30.3 Å². The lowest BCUT2D eigenvalue weighted by Gasteiger charge is -2.43. The topological polar surface area (TPSA) is 54.3 Å². The first-order chi connectivity index (χ1) is 13.1. The van der Waals surface area contributed by atoms with Gasteiger partial charge in [-0.2, -0.15) is 0 Å². The van der Waals surface area contributed by atoms with Gasteiger partial charge in [0.25, 0.3) is 0 Å². The molecular weight excluding hydrogens is 338 g/mol. The highest BCUT2D eigenvalue weighted by molar-refractivity contribution is 5.76. The number of carbonyl (C=O) groups excluding carboxylic acids is 1. The minimum Gasteiger partial charge on any atom is -0.343 e. The van der Waals surface area contributed by atoms with E-state index in [0.29, 0.717) is 18.8 Å². The number of carbonyl (C=O) groups is 1. The summed E-state index contributed by atoms with van der Waals surface area (Å²) in [5, 5.41) is 7.96. The highest BCUT2D eigenvalue weighted by Crippen LogP contribution is 2.43. The van der Waals surface area contributed by atoms with Gasteiger partial charge in [0.2, 0.25) is 5.91 Å². The molecule has 2 fully saturated rings. The highest BCUT2D eigenvalue weighted by Gasteiger charge is 2.46. The third-order valence-electron chi connectivity index (χ3n) is 6.62. The molecule has 27 heavy (non-hydrogen) atoms. The van der Waals surface area contributed by atoms with Crippen LogP contribution in [0.1, 0.15) is 43.0 Å². The molecule has 3 heterocycles. The Morgan fingerprint density at radius 2 is 1.93 bits per heavy atom. The van der Waals surface area contributed by atoms with Gasteiger partial charge in [0.1, 0.15) is 12.2 Å². The molecule has 6 nitrogen and oxygen atoms in total. The average Bonchev–Trinajstić information content (AvgIpc) is 3.24. The molecule has 6 heteroatoms. The summed E-state index contributed by atoms with van der Waals surface area (Å²) < 4.78 is 1.88. The molecule has 1 atom stereocenters. The van der Waals surface area contributed by atoms with Crippen LogP contribution in [0.2, 0.25) is 0 Å². The Kier molecular flexibility index (Phi) is 5.00. The van der Waals surface area contributed by atoms with Gasteiger partial charge in [0.15, 0.2) is 0 Å². The fourth-order valence-electron chi connectivity index (χ4n) is 4.82. The van der Waals surface area contributed by atoms with E-state index in [0.717, 1.165) is 38.3 Å². The standard InChI is InChI=1S/C21H29N5O/c1-24-16-22-23-19(24)8-9-20(27)26-12-10-21(11-13-26)14-18(15-25(21)2)17-6-4-3-5-7-17/h3-7,16,18H,8-15H2,1-2H3/t18-/m0/s1. The van der Waals surface area contributed by atoms with E-state index in [1.807, 2.05) is 16.5 Å². The lowest BCUT2D eigenvalue weighted by atomic mass is 9.81. The molecule has 1 aromatic heterocycles. The minimum atomic E-state index is 0.244. The highest BCUT2D eigenvalue weighted by atomic mass is 16.2. The second-order valence-electron chi connectivity index (χ2n) is 8.16. The van der Waals surface area contributed by atoms with Crippen LogP contribution in [-0.4, -0.2) is 62.7 Å². The van der Waals surface area contributed by atoms with Crippen molar-refractivity contribution in [1.29, 1.82) is 0 Å². The third-order valence-corrected chi connectivity index (χ3v) is 6.62. The molecular formula is C21H29N5O. The van der Waals surface area contributed by atoms with Crippen molar-refractivity contribution in [3.05, 3.63) is 48.0 Å². The van der Waals surface area contributed by atoms with Crippen molar-refractivity contribution < 1.29 is 4.79 Å². The van der Waals surface area contributed by atoms with Crippen LogP contribution in [-0.2, 0) is 18.3 Å². The van der Waals surface area contributed by atoms with Crippen LogP contribution < -0.4 is 0 Å². The van der Waals surface area contributed by atoms with Crippen molar-refractivity contribution in [3.8, 4) is 0 Å². The summed E-state index contributed by atoms with van der Waals surface area (Å²) in [6.45, 7) is 2.84. The zero-order chi connectivity index (χ0) is 18.9. The van der Waals surface area contributed by atoms with E-state index in [9.17, 15) is 4.79 Å². The number of nitrogens with zero attached hydrogens (tertiary/aromatic N) is 5. The molecule has 2 saturated heterocycles. The lowest BCUT2D eigenvalue weighted by molar-refractivity contribution is -0.133. The minimum absolute atomic E-state index is 0.244. The molecule has 0 aliphatic carbocycles. The Hall–Kier alpha value is -2.21. The summed E-state index contributed by atoms with van der Waals surface area (Å²) in [5.41, 5.74) is 1.70. The molecule has 144 valence electrons. The van der Waals surface area contributed by atoms with E-state index in [1.54, 1.807) is 6.33 Å². The normalized spacial score (nSPS) is 22.4. The number of piperidine rings is 1. The van der Waals surface area contributed by atoms with E-state index in [-0.39, 0.29) is 11.4 Å². The average molecular weight is 367 g/mol. The van der Waals surface area contributed by atoms with E-state index in [1.165, 1.54) is 12.0 Å². The van der Waals surface area contributed by atoms with Gasteiger partial charge in [-0.3, -0.25) is 9.69 Å². The molecule has 0 N–H and O–H groups in total. The summed E-state index contributed by atoms with van der Waals surface area (Å²) in [4.78, 5) is 17.2. The number of benzene rings is 1. The maximum atomic E-state index is 12.6. The Balaban J connectivity index is 1.33. The van der Waals surface area contributed by atoms with Gasteiger partial charge < -0.3 is 9.47 Å². The van der Waals surface area contributed by atoms with Gasteiger partial charge >= 0.3 is 0 Å². The number of hydrogen-bond acceptors (Lipinski definition) is 4. The monoisotopic (exact) mass is 367 g/mol. The van der Waals surface area contributed by atoms with Crippen LogP contribution >= 0.6 is 0 Å². The zero-order valence-electron chi connectivity index (χ0n) is 16.3. The van der Waals surface area contributed by atoms with Crippen LogP contribution in [0.4, 0.5) is 0 Å². The summed E-state index contributed by atoms with van der Waals surface area (Å²) in [7, 11) is 4.18. The Labute approximate surface area is 161 Å². The molecule has 1 aromatic carbocycles. The number of likely N-dealkylation sites (tertiary alicyclic amines) is 2. The SMILES string of the molecule is CN1C[C@@H](c2ccccc2)CC12CCN(C(=O)CCc1nncn1C)CC2. The molecule has 4 rings (SSSR count). The van der Waals surface area contributed by atoms with Crippen LogP contribution in [0.3, 0.4) is 0 Å². The third kappa shape index (κ3) is 3.63. The van der Waals surface area contributed by atoms with Crippen molar-refractivity contribution in [2.24, 2.45) is 7.05 Å². The molecule has 2 aliphatic heterocycles. The molecule has 2 aromatic rings. The second-order valence-corrected chi connectivity index (χ2v) is 8.16. The maximum Gasteiger partial charge on any atom is 0.223 e. The zero-order valence-corrected chi connectivity index (χ0v) is 16.3. The van der Waals surface area contributed by atoms with Crippen molar-refractivity contribution in [2.75, 3.05) is 26.7 Å². The molecule has 0 saturated carbocycles. The first kappa shape index (κ1) is 18.2. The quantitative estimate of drug-likeness (QED) is 0.832. The van der Waals surface area contributed by atoms with Crippen LogP contribution in [0.5, 0.6) is 0 Å². The van der Waals surface area contributed by atoms with Crippen LogP contribution in [0, 0.1) is 0 Å². The number of rotatable bonds is 4. The van der Waals surface area contributed by atoms with Crippen molar-refractivity contribution in [3.63, 3.8) is 0 Å². The van der Waals surface area contributed by atoms with Gasteiger partial charge in [0, 0.05) is 45.1 Å². The summed E-state index contributed by atoms with van der Waals surface area (Å²) in [6, 6.07) is 10.9. The van der Waals surface area contributed by atoms with Crippen molar-refractivity contribution in [2.45, 2.75) is 43.6 Å². The first-order valence-corrected chi connectivity index (χ1v) is 9.94. The summed E-state index contributed by atoms with van der Waals surface area (Å²) >= 11 is 0. The predicted octanol–water partition coefficient (Wildman–Crippen LogP) is 2.23. The van der Waals surface area contributed by atoms with Crippen molar-refractivity contribution >= 4 is 5.91 Å². The van der Waals surface area contributed by atoms with Gasteiger partial charge in [-0.25, -0.2) is 0 Å². The molecule has 0 radical (unpaired) electrons. The Morgan fingerprint density at radius 1 is 1.19 bits per heavy atom. The molecule has 0 bridgehead atoms. The largest absolute Gasteiger partial charge is 0.343 e. The van der Waals surface area contributed by atoms with Gasteiger partial charge in [0.05, 0.1) is 0 Å². The van der Waals surface area contributed by atoms with Gasteiger partial charge in [-0.15, -0.1) is 10.2 Å². The van der Waals surface area contributed by atoms with Crippen molar-refractivity contribution in [1.82, 2.24) is 24.6 Å². The molecule has 2 aliphatic rings. The predicted molar refractivity (Wildman–Crippen MR) is 104 cm³/mol. The fraction of sp³-hybridized carbons (Fsp3) is 0.571. The second kappa shape index (κ2) is 7.43. The fourth-order valence-corrected chi connectivity index (χ4v) is 4.82. The number of likely N-dealkylation sites (N-methyl/N-ethyl adjacent to an activating group) is 1. The molecule has 1 amide bonds. The van der Waals surface area contributed by atoms with Crippen LogP contribution in [0.15, 0.2) is 36.7 Å². The number of aryl methyl sites for hydroxylation is 2. The van der Waals surface area contributed by atoms with E-state index < -0.39 is 0 Å².